The Morgan fingerprint density at radius 2 is 1.78 bits per heavy atom. The molecule has 0 unspecified atom stereocenters. The lowest BCUT2D eigenvalue weighted by Gasteiger charge is -2.02. The molecular weight excluding hydrogens is 306 g/mol. The quantitative estimate of drug-likeness (QED) is 0.789. The van der Waals surface area contributed by atoms with Crippen LogP contribution in [0.3, 0.4) is 0 Å². The van der Waals surface area contributed by atoms with Crippen LogP contribution in [-0.2, 0) is 11.2 Å². The molecular formula is C18H17N3OS. The average Bonchev–Trinajstić information content (AvgIpc) is 2.91. The fraction of sp³-hybridized carbons (Fsp3) is 0.167. The van der Waals surface area contributed by atoms with Crippen molar-refractivity contribution < 1.29 is 4.79 Å². The molecule has 0 radical (unpaired) electrons. The lowest BCUT2D eigenvalue weighted by Crippen LogP contribution is -2.14. The second-order valence-electron chi connectivity index (χ2n) is 5.37. The molecule has 3 rings (SSSR count). The van der Waals surface area contributed by atoms with Crippen molar-refractivity contribution in [3.63, 3.8) is 0 Å². The van der Waals surface area contributed by atoms with Crippen LogP contribution in [0.1, 0.15) is 16.0 Å². The van der Waals surface area contributed by atoms with Gasteiger partial charge in [-0.25, -0.2) is 4.98 Å². The molecule has 0 saturated carbocycles. The van der Waals surface area contributed by atoms with Gasteiger partial charge in [-0.1, -0.05) is 29.8 Å². The van der Waals surface area contributed by atoms with Crippen LogP contribution in [0.15, 0.2) is 48.8 Å². The Morgan fingerprint density at radius 3 is 2.48 bits per heavy atom. The summed E-state index contributed by atoms with van der Waals surface area (Å²) in [6.45, 7) is 4.03. The van der Waals surface area contributed by atoms with Crippen LogP contribution in [0, 0.1) is 13.8 Å². The molecule has 0 aliphatic rings. The maximum Gasteiger partial charge on any atom is 0.230 e. The maximum absolute atomic E-state index is 12.2. The van der Waals surface area contributed by atoms with Crippen molar-refractivity contribution in [3.8, 4) is 11.3 Å². The van der Waals surface area contributed by atoms with Crippen LogP contribution in [0.25, 0.3) is 11.3 Å². The Hall–Kier alpha value is -2.53. The highest BCUT2D eigenvalue weighted by Gasteiger charge is 2.12. The minimum absolute atomic E-state index is 0.0520. The molecule has 3 aromatic rings. The first-order valence-electron chi connectivity index (χ1n) is 7.35. The minimum atomic E-state index is -0.0520. The number of amides is 1. The molecule has 0 bridgehead atoms. The van der Waals surface area contributed by atoms with E-state index in [0.717, 1.165) is 21.7 Å². The van der Waals surface area contributed by atoms with Crippen molar-refractivity contribution in [1.82, 2.24) is 9.97 Å². The van der Waals surface area contributed by atoms with E-state index in [2.05, 4.69) is 15.3 Å². The molecule has 23 heavy (non-hydrogen) atoms. The fourth-order valence-electron chi connectivity index (χ4n) is 2.28. The van der Waals surface area contributed by atoms with Crippen molar-refractivity contribution in [2.75, 3.05) is 5.32 Å². The van der Waals surface area contributed by atoms with Gasteiger partial charge in [0, 0.05) is 22.8 Å². The molecule has 1 N–H and O–H groups in total. The number of nitrogens with one attached hydrogen (secondary N) is 1. The molecule has 2 heterocycles. The van der Waals surface area contributed by atoms with E-state index < -0.39 is 0 Å². The van der Waals surface area contributed by atoms with E-state index in [1.807, 2.05) is 50.2 Å². The van der Waals surface area contributed by atoms with Crippen molar-refractivity contribution in [3.05, 3.63) is 64.8 Å². The summed E-state index contributed by atoms with van der Waals surface area (Å²) in [4.78, 5) is 21.8. The van der Waals surface area contributed by atoms with Crippen molar-refractivity contribution in [2.24, 2.45) is 0 Å². The number of nitrogens with zero attached hydrogens (tertiary/aromatic N) is 2. The molecule has 0 aliphatic heterocycles. The van der Waals surface area contributed by atoms with Crippen LogP contribution in [-0.4, -0.2) is 15.9 Å². The number of benzene rings is 1. The molecule has 1 aromatic carbocycles. The van der Waals surface area contributed by atoms with E-state index in [-0.39, 0.29) is 5.91 Å². The highest BCUT2D eigenvalue weighted by atomic mass is 32.1. The molecule has 0 aliphatic carbocycles. The highest BCUT2D eigenvalue weighted by molar-refractivity contribution is 7.16. The van der Waals surface area contributed by atoms with Crippen LogP contribution in [0.2, 0.25) is 0 Å². The van der Waals surface area contributed by atoms with Crippen LogP contribution >= 0.6 is 11.3 Å². The predicted molar refractivity (Wildman–Crippen MR) is 93.6 cm³/mol. The number of anilines is 1. The summed E-state index contributed by atoms with van der Waals surface area (Å²) in [6.07, 6.45) is 3.83. The van der Waals surface area contributed by atoms with E-state index in [0.29, 0.717) is 11.6 Å². The summed E-state index contributed by atoms with van der Waals surface area (Å²) in [6, 6.07) is 11.8. The monoisotopic (exact) mass is 323 g/mol. The molecule has 0 fully saturated rings. The number of thiazole rings is 1. The first-order chi connectivity index (χ1) is 11.1. The molecule has 2 aromatic heterocycles. The topological polar surface area (TPSA) is 54.9 Å². The summed E-state index contributed by atoms with van der Waals surface area (Å²) in [7, 11) is 0. The van der Waals surface area contributed by atoms with Gasteiger partial charge in [-0.05, 0) is 31.5 Å². The molecule has 0 saturated heterocycles. The van der Waals surface area contributed by atoms with Gasteiger partial charge in [0.1, 0.15) is 0 Å². The Bertz CT molecular complexity index is 810. The first kappa shape index (κ1) is 15.4. The van der Waals surface area contributed by atoms with E-state index >= 15 is 0 Å². The predicted octanol–water partition coefficient (Wildman–Crippen LogP) is 4.00. The Balaban J connectivity index is 1.71. The van der Waals surface area contributed by atoms with Gasteiger partial charge in [0.25, 0.3) is 0 Å². The number of hydrogen-bond acceptors (Lipinski definition) is 4. The third-order valence-corrected chi connectivity index (χ3v) is 4.37. The van der Waals surface area contributed by atoms with E-state index in [4.69, 9.17) is 0 Å². The Kier molecular flexibility index (Phi) is 4.48. The van der Waals surface area contributed by atoms with Gasteiger partial charge in [0.05, 0.1) is 12.1 Å². The molecule has 116 valence electrons. The van der Waals surface area contributed by atoms with Crippen molar-refractivity contribution in [2.45, 2.75) is 20.3 Å². The minimum Gasteiger partial charge on any atom is -0.302 e. The lowest BCUT2D eigenvalue weighted by atomic mass is 10.1. The van der Waals surface area contributed by atoms with Crippen LogP contribution in [0.5, 0.6) is 0 Å². The number of aryl methyl sites for hydroxylation is 2. The van der Waals surface area contributed by atoms with Crippen molar-refractivity contribution >= 4 is 22.4 Å². The van der Waals surface area contributed by atoms with E-state index in [9.17, 15) is 4.79 Å². The summed E-state index contributed by atoms with van der Waals surface area (Å²) in [5, 5.41) is 3.52. The molecule has 0 spiro atoms. The maximum atomic E-state index is 12.2. The number of aromatic nitrogens is 2. The summed E-state index contributed by atoms with van der Waals surface area (Å²) in [5.41, 5.74) is 4.08. The average molecular weight is 323 g/mol. The van der Waals surface area contributed by atoms with Gasteiger partial charge in [0.2, 0.25) is 5.91 Å². The number of rotatable bonds is 4. The zero-order valence-electron chi connectivity index (χ0n) is 13.0. The third-order valence-electron chi connectivity index (χ3n) is 3.48. The SMILES string of the molecule is Cc1ccc(CC(=O)Nc2nc(-c3ccncc3)c(C)s2)cc1. The first-order valence-corrected chi connectivity index (χ1v) is 8.16. The van der Waals surface area contributed by atoms with Gasteiger partial charge in [0.15, 0.2) is 5.13 Å². The standard InChI is InChI=1S/C18H17N3OS/c1-12-3-5-14(6-4-12)11-16(22)20-18-21-17(13(2)23-18)15-7-9-19-10-8-15/h3-10H,11H2,1-2H3,(H,20,21,22). The number of carbonyl (C=O) groups is 1. The third kappa shape index (κ3) is 3.81. The Labute approximate surface area is 139 Å². The van der Waals surface area contributed by atoms with Crippen LogP contribution in [0.4, 0.5) is 5.13 Å². The van der Waals surface area contributed by atoms with Crippen LogP contribution < -0.4 is 5.32 Å². The summed E-state index contributed by atoms with van der Waals surface area (Å²) < 4.78 is 0. The zero-order chi connectivity index (χ0) is 16.2. The molecule has 1 amide bonds. The lowest BCUT2D eigenvalue weighted by molar-refractivity contribution is -0.115. The summed E-state index contributed by atoms with van der Waals surface area (Å²) in [5.74, 6) is -0.0520. The molecule has 5 heteroatoms. The van der Waals surface area contributed by atoms with Gasteiger partial charge in [-0.15, -0.1) is 11.3 Å². The molecule has 4 nitrogen and oxygen atoms in total. The van der Waals surface area contributed by atoms with Gasteiger partial charge in [-0.2, -0.15) is 0 Å². The second kappa shape index (κ2) is 6.71. The second-order valence-corrected chi connectivity index (χ2v) is 6.57. The highest BCUT2D eigenvalue weighted by Crippen LogP contribution is 2.29. The zero-order valence-corrected chi connectivity index (χ0v) is 13.9. The number of carbonyl (C=O) groups excluding carboxylic acids is 1. The number of pyridine rings is 1. The van der Waals surface area contributed by atoms with Gasteiger partial charge in [-0.3, -0.25) is 9.78 Å². The largest absolute Gasteiger partial charge is 0.302 e. The van der Waals surface area contributed by atoms with E-state index in [1.54, 1.807) is 12.4 Å². The number of hydrogen-bond donors (Lipinski definition) is 1. The van der Waals surface area contributed by atoms with Crippen molar-refractivity contribution in [1.29, 1.82) is 0 Å². The van der Waals surface area contributed by atoms with Gasteiger partial charge < -0.3 is 5.32 Å². The molecule has 0 atom stereocenters. The normalized spacial score (nSPS) is 10.5. The van der Waals surface area contributed by atoms with Gasteiger partial charge >= 0.3 is 0 Å². The van der Waals surface area contributed by atoms with E-state index in [1.165, 1.54) is 16.9 Å². The Morgan fingerprint density at radius 1 is 1.09 bits per heavy atom. The summed E-state index contributed by atoms with van der Waals surface area (Å²) >= 11 is 1.49. The smallest absolute Gasteiger partial charge is 0.230 e. The fourth-order valence-corrected chi connectivity index (χ4v) is 3.13.